The molecule has 0 aromatic carbocycles. The van der Waals surface area contributed by atoms with E-state index < -0.39 is 0 Å². The quantitative estimate of drug-likeness (QED) is 0.810. The van der Waals surface area contributed by atoms with E-state index in [0.717, 1.165) is 44.0 Å². The van der Waals surface area contributed by atoms with Gasteiger partial charge in [0.05, 0.1) is 6.10 Å². The number of nitrogens with zero attached hydrogens (tertiary/aromatic N) is 2. The number of nitrogens with one attached hydrogen (secondary N) is 2. The molecule has 0 amide bonds. The number of hydrogen-bond acceptors (Lipinski definition) is 5. The summed E-state index contributed by atoms with van der Waals surface area (Å²) < 4.78 is 5.58. The van der Waals surface area contributed by atoms with E-state index in [2.05, 4.69) is 27.5 Å². The lowest BCUT2D eigenvalue weighted by atomic mass is 10.2. The lowest BCUT2D eigenvalue weighted by molar-refractivity contribution is 0.120. The Bertz CT molecular complexity index is 377. The van der Waals surface area contributed by atoms with Crippen molar-refractivity contribution in [2.24, 2.45) is 0 Å². The molecule has 0 bridgehead atoms. The van der Waals surface area contributed by atoms with Gasteiger partial charge in [0.15, 0.2) is 0 Å². The molecule has 0 saturated carbocycles. The van der Waals surface area contributed by atoms with Crippen LogP contribution < -0.4 is 10.6 Å². The molecule has 1 aromatic heterocycles. The van der Waals surface area contributed by atoms with Gasteiger partial charge in [0, 0.05) is 31.5 Å². The van der Waals surface area contributed by atoms with Crippen molar-refractivity contribution in [1.29, 1.82) is 0 Å². The normalized spacial score (nSPS) is 18.9. The van der Waals surface area contributed by atoms with E-state index in [-0.39, 0.29) is 0 Å². The first-order valence-corrected chi connectivity index (χ1v) is 6.73. The van der Waals surface area contributed by atoms with Gasteiger partial charge in [-0.3, -0.25) is 0 Å². The minimum absolute atomic E-state index is 0.326. The van der Waals surface area contributed by atoms with Crippen molar-refractivity contribution in [2.45, 2.75) is 39.2 Å². The Morgan fingerprint density at radius 2 is 2.28 bits per heavy atom. The molecule has 2 N–H and O–H groups in total. The van der Waals surface area contributed by atoms with Crippen LogP contribution in [0.25, 0.3) is 0 Å². The largest absolute Gasteiger partial charge is 0.376 e. The maximum Gasteiger partial charge on any atom is 0.224 e. The van der Waals surface area contributed by atoms with Crippen LogP contribution in [-0.4, -0.2) is 35.8 Å². The van der Waals surface area contributed by atoms with Crippen LogP contribution in [0.4, 0.5) is 11.8 Å². The van der Waals surface area contributed by atoms with Gasteiger partial charge < -0.3 is 15.4 Å². The number of hydrogen-bond donors (Lipinski definition) is 2. The molecule has 0 aliphatic carbocycles. The molecule has 5 heteroatoms. The lowest BCUT2D eigenvalue weighted by Gasteiger charge is -2.12. The highest BCUT2D eigenvalue weighted by Crippen LogP contribution is 2.14. The zero-order chi connectivity index (χ0) is 12.8. The van der Waals surface area contributed by atoms with Crippen LogP contribution in [0, 0.1) is 6.92 Å². The molecule has 1 aromatic rings. The van der Waals surface area contributed by atoms with Gasteiger partial charge in [0.1, 0.15) is 5.82 Å². The summed E-state index contributed by atoms with van der Waals surface area (Å²) in [5.74, 6) is 1.57. The van der Waals surface area contributed by atoms with Crippen LogP contribution >= 0.6 is 0 Å². The van der Waals surface area contributed by atoms with E-state index in [9.17, 15) is 0 Å². The predicted molar refractivity (Wildman–Crippen MR) is 73.0 cm³/mol. The number of rotatable bonds is 6. The number of aryl methyl sites for hydroxylation is 1. The highest BCUT2D eigenvalue weighted by Gasteiger charge is 2.15. The summed E-state index contributed by atoms with van der Waals surface area (Å²) in [6.45, 7) is 6.71. The number of aromatic nitrogens is 2. The molecule has 0 radical (unpaired) electrons. The van der Waals surface area contributed by atoms with Gasteiger partial charge >= 0.3 is 0 Å². The van der Waals surface area contributed by atoms with Crippen molar-refractivity contribution in [1.82, 2.24) is 9.97 Å². The Balaban J connectivity index is 1.91. The fraction of sp³-hybridized carbons (Fsp3) is 0.692. The molecular weight excluding hydrogens is 228 g/mol. The Morgan fingerprint density at radius 3 is 3.00 bits per heavy atom. The molecule has 2 heterocycles. The second-order valence-corrected chi connectivity index (χ2v) is 4.66. The number of anilines is 2. The van der Waals surface area contributed by atoms with Crippen LogP contribution in [0.2, 0.25) is 0 Å². The standard InChI is InChI=1S/C13H22N4O/c1-3-6-14-13-16-10(2)8-12(17-13)15-9-11-5-4-7-18-11/h8,11H,3-7,9H2,1-2H3,(H2,14,15,16,17). The average Bonchev–Trinajstić information content (AvgIpc) is 2.86. The van der Waals surface area contributed by atoms with Crippen molar-refractivity contribution in [3.8, 4) is 0 Å². The fourth-order valence-electron chi connectivity index (χ4n) is 2.00. The first-order chi connectivity index (χ1) is 8.78. The van der Waals surface area contributed by atoms with Gasteiger partial charge in [0.25, 0.3) is 0 Å². The van der Waals surface area contributed by atoms with Crippen LogP contribution in [-0.2, 0) is 4.74 Å². The molecule has 2 rings (SSSR count). The van der Waals surface area contributed by atoms with E-state index >= 15 is 0 Å². The van der Waals surface area contributed by atoms with E-state index in [0.29, 0.717) is 12.1 Å². The maximum atomic E-state index is 5.58. The fourth-order valence-corrected chi connectivity index (χ4v) is 2.00. The molecule has 1 atom stereocenters. The first-order valence-electron chi connectivity index (χ1n) is 6.73. The molecule has 100 valence electrons. The van der Waals surface area contributed by atoms with Gasteiger partial charge in [-0.15, -0.1) is 0 Å². The van der Waals surface area contributed by atoms with E-state index in [1.165, 1.54) is 6.42 Å². The van der Waals surface area contributed by atoms with E-state index in [4.69, 9.17) is 4.74 Å². The Labute approximate surface area is 108 Å². The second kappa shape index (κ2) is 6.54. The molecule has 0 spiro atoms. The van der Waals surface area contributed by atoms with Crippen molar-refractivity contribution >= 4 is 11.8 Å². The average molecular weight is 250 g/mol. The minimum Gasteiger partial charge on any atom is -0.376 e. The summed E-state index contributed by atoms with van der Waals surface area (Å²) >= 11 is 0. The first kappa shape index (κ1) is 13.1. The van der Waals surface area contributed by atoms with Crippen LogP contribution in [0.3, 0.4) is 0 Å². The van der Waals surface area contributed by atoms with Crippen LogP contribution in [0.15, 0.2) is 6.07 Å². The van der Waals surface area contributed by atoms with Crippen molar-refractivity contribution in [3.63, 3.8) is 0 Å². The summed E-state index contributed by atoms with van der Waals surface area (Å²) in [4.78, 5) is 8.80. The summed E-state index contributed by atoms with van der Waals surface area (Å²) in [5.41, 5.74) is 0.971. The van der Waals surface area contributed by atoms with Crippen molar-refractivity contribution < 1.29 is 4.74 Å². The maximum absolute atomic E-state index is 5.58. The number of ether oxygens (including phenoxy) is 1. The third-order valence-corrected chi connectivity index (χ3v) is 2.92. The summed E-state index contributed by atoms with van der Waals surface area (Å²) in [6, 6.07) is 1.96. The van der Waals surface area contributed by atoms with Crippen molar-refractivity contribution in [2.75, 3.05) is 30.3 Å². The molecule has 18 heavy (non-hydrogen) atoms. The second-order valence-electron chi connectivity index (χ2n) is 4.66. The molecule has 5 nitrogen and oxygen atoms in total. The predicted octanol–water partition coefficient (Wildman–Crippen LogP) is 2.20. The molecule has 1 aliphatic rings. The monoisotopic (exact) mass is 250 g/mol. The van der Waals surface area contributed by atoms with Gasteiger partial charge in [-0.05, 0) is 26.2 Å². The van der Waals surface area contributed by atoms with E-state index in [1.54, 1.807) is 0 Å². The van der Waals surface area contributed by atoms with E-state index in [1.807, 2.05) is 13.0 Å². The van der Waals surface area contributed by atoms with Crippen molar-refractivity contribution in [3.05, 3.63) is 11.8 Å². The highest BCUT2D eigenvalue weighted by molar-refractivity contribution is 5.42. The van der Waals surface area contributed by atoms with Crippen LogP contribution in [0.1, 0.15) is 31.9 Å². The SMILES string of the molecule is CCCNc1nc(C)cc(NCC2CCCO2)n1. The lowest BCUT2D eigenvalue weighted by Crippen LogP contribution is -2.19. The molecule has 1 aliphatic heterocycles. The Morgan fingerprint density at radius 1 is 1.39 bits per heavy atom. The van der Waals surface area contributed by atoms with Crippen LogP contribution in [0.5, 0.6) is 0 Å². The summed E-state index contributed by atoms with van der Waals surface area (Å²) in [6.07, 6.45) is 3.69. The topological polar surface area (TPSA) is 59.1 Å². The zero-order valence-electron chi connectivity index (χ0n) is 11.2. The molecule has 1 saturated heterocycles. The molecule has 1 unspecified atom stereocenters. The Hall–Kier alpha value is -1.36. The summed E-state index contributed by atoms with van der Waals surface area (Å²) in [5, 5.41) is 6.54. The minimum atomic E-state index is 0.326. The molecular formula is C13H22N4O. The van der Waals surface area contributed by atoms with Gasteiger partial charge in [-0.1, -0.05) is 6.92 Å². The third-order valence-electron chi connectivity index (χ3n) is 2.92. The summed E-state index contributed by atoms with van der Waals surface area (Å²) in [7, 11) is 0. The van der Waals surface area contributed by atoms with Gasteiger partial charge in [0.2, 0.25) is 5.95 Å². The highest BCUT2D eigenvalue weighted by atomic mass is 16.5. The van der Waals surface area contributed by atoms with Gasteiger partial charge in [-0.2, -0.15) is 4.98 Å². The Kier molecular flexibility index (Phi) is 4.75. The van der Waals surface area contributed by atoms with Gasteiger partial charge in [-0.25, -0.2) is 4.98 Å². The smallest absolute Gasteiger partial charge is 0.224 e. The molecule has 1 fully saturated rings. The zero-order valence-corrected chi connectivity index (χ0v) is 11.2. The third kappa shape index (κ3) is 3.84.